The molecule has 0 aliphatic heterocycles. The number of hydrogen-bond donors (Lipinski definition) is 1. The Morgan fingerprint density at radius 2 is 1.68 bits per heavy atom. The minimum Gasteiger partial charge on any atom is -0.468 e. The summed E-state index contributed by atoms with van der Waals surface area (Å²) in [6.07, 6.45) is 0. The van der Waals surface area contributed by atoms with Crippen molar-refractivity contribution in [2.75, 3.05) is 12.4 Å². The van der Waals surface area contributed by atoms with Crippen LogP contribution in [0, 0.1) is 26.2 Å². The molecule has 104 valence electrons. The van der Waals surface area contributed by atoms with Gasteiger partial charge in [-0.05, 0) is 57.4 Å². The van der Waals surface area contributed by atoms with Gasteiger partial charge in [0.1, 0.15) is 5.41 Å². The Morgan fingerprint density at radius 3 is 2.21 bits per heavy atom. The fourth-order valence-electron chi connectivity index (χ4n) is 1.72. The molecular weight excluding hydrogens is 242 g/mol. The summed E-state index contributed by atoms with van der Waals surface area (Å²) in [4.78, 5) is 23.8. The number of nitrogens with one attached hydrogen (secondary N) is 1. The lowest BCUT2D eigenvalue weighted by atomic mass is 9.92. The number of aryl methyl sites for hydroxylation is 1. The van der Waals surface area contributed by atoms with Crippen molar-refractivity contribution in [1.82, 2.24) is 0 Å². The lowest BCUT2D eigenvalue weighted by molar-refractivity contribution is -0.154. The summed E-state index contributed by atoms with van der Waals surface area (Å²) >= 11 is 0. The van der Waals surface area contributed by atoms with Crippen LogP contribution in [0.2, 0.25) is 0 Å². The molecule has 0 radical (unpaired) electrons. The average molecular weight is 263 g/mol. The second-order valence-corrected chi connectivity index (χ2v) is 5.25. The van der Waals surface area contributed by atoms with Crippen LogP contribution in [-0.4, -0.2) is 19.0 Å². The van der Waals surface area contributed by atoms with Gasteiger partial charge in [-0.2, -0.15) is 0 Å². The summed E-state index contributed by atoms with van der Waals surface area (Å²) in [6, 6.07) is 3.80. The summed E-state index contributed by atoms with van der Waals surface area (Å²) < 4.78 is 4.65. The molecule has 0 unspecified atom stereocenters. The second kappa shape index (κ2) is 5.43. The first-order valence-corrected chi connectivity index (χ1v) is 6.18. The SMILES string of the molecule is COC(=O)C(C)(C)C(=O)Nc1ccc(C)c(C)c1C. The van der Waals surface area contributed by atoms with E-state index in [0.717, 1.165) is 16.8 Å². The maximum Gasteiger partial charge on any atom is 0.320 e. The minimum atomic E-state index is -1.21. The normalized spacial score (nSPS) is 11.1. The number of benzene rings is 1. The number of carbonyl (C=O) groups excluding carboxylic acids is 2. The standard InChI is InChI=1S/C15H21NO3/c1-9-7-8-12(11(3)10(9)2)16-13(17)15(4,5)14(18)19-6/h7-8H,1-6H3,(H,16,17). The van der Waals surface area contributed by atoms with E-state index in [1.165, 1.54) is 12.7 Å². The van der Waals surface area contributed by atoms with E-state index in [1.54, 1.807) is 13.8 Å². The Hall–Kier alpha value is -1.84. The molecule has 0 saturated heterocycles. The Balaban J connectivity index is 3.01. The molecule has 4 nitrogen and oxygen atoms in total. The third kappa shape index (κ3) is 2.95. The van der Waals surface area contributed by atoms with E-state index < -0.39 is 11.4 Å². The molecule has 0 fully saturated rings. The van der Waals surface area contributed by atoms with Crippen LogP contribution in [0.3, 0.4) is 0 Å². The van der Waals surface area contributed by atoms with Crippen LogP contribution in [0.15, 0.2) is 12.1 Å². The zero-order valence-corrected chi connectivity index (χ0v) is 12.4. The average Bonchev–Trinajstić information content (AvgIpc) is 2.38. The monoisotopic (exact) mass is 263 g/mol. The van der Waals surface area contributed by atoms with E-state index in [-0.39, 0.29) is 5.91 Å². The number of esters is 1. The summed E-state index contributed by atoms with van der Waals surface area (Å²) in [5.41, 5.74) is 2.83. The highest BCUT2D eigenvalue weighted by molar-refractivity contribution is 6.08. The molecular formula is C15H21NO3. The largest absolute Gasteiger partial charge is 0.468 e. The lowest BCUT2D eigenvalue weighted by Gasteiger charge is -2.22. The molecule has 1 rings (SSSR count). The maximum atomic E-state index is 12.2. The van der Waals surface area contributed by atoms with Gasteiger partial charge in [0.15, 0.2) is 0 Å². The molecule has 0 heterocycles. The van der Waals surface area contributed by atoms with Gasteiger partial charge in [0.05, 0.1) is 7.11 Å². The number of rotatable bonds is 3. The van der Waals surface area contributed by atoms with Crippen molar-refractivity contribution in [2.45, 2.75) is 34.6 Å². The fraction of sp³-hybridized carbons (Fsp3) is 0.467. The molecule has 0 aliphatic carbocycles. The van der Waals surface area contributed by atoms with E-state index in [1.807, 2.05) is 32.9 Å². The minimum absolute atomic E-state index is 0.370. The van der Waals surface area contributed by atoms with E-state index in [2.05, 4.69) is 10.1 Å². The first kappa shape index (κ1) is 15.2. The van der Waals surface area contributed by atoms with Crippen LogP contribution >= 0.6 is 0 Å². The van der Waals surface area contributed by atoms with Gasteiger partial charge in [0.25, 0.3) is 0 Å². The Morgan fingerprint density at radius 1 is 1.11 bits per heavy atom. The molecule has 1 aromatic carbocycles. The van der Waals surface area contributed by atoms with Crippen molar-refractivity contribution < 1.29 is 14.3 Å². The summed E-state index contributed by atoms with van der Waals surface area (Å²) in [5, 5.41) is 2.79. The lowest BCUT2D eigenvalue weighted by Crippen LogP contribution is -2.39. The van der Waals surface area contributed by atoms with Crippen LogP contribution < -0.4 is 5.32 Å². The first-order chi connectivity index (χ1) is 8.71. The fourth-order valence-corrected chi connectivity index (χ4v) is 1.72. The highest BCUT2D eigenvalue weighted by atomic mass is 16.5. The van der Waals surface area contributed by atoms with Gasteiger partial charge in [-0.25, -0.2) is 0 Å². The Kier molecular flexibility index (Phi) is 4.35. The quantitative estimate of drug-likeness (QED) is 0.674. The number of ether oxygens (including phenoxy) is 1. The predicted molar refractivity (Wildman–Crippen MR) is 75.1 cm³/mol. The van der Waals surface area contributed by atoms with Crippen LogP contribution in [0.5, 0.6) is 0 Å². The number of anilines is 1. The van der Waals surface area contributed by atoms with Crippen LogP contribution in [0.4, 0.5) is 5.69 Å². The van der Waals surface area contributed by atoms with Crippen LogP contribution in [0.1, 0.15) is 30.5 Å². The van der Waals surface area contributed by atoms with Crippen molar-refractivity contribution in [3.8, 4) is 0 Å². The maximum absolute atomic E-state index is 12.2. The Bertz CT molecular complexity index is 518. The van der Waals surface area contributed by atoms with Crippen molar-refractivity contribution in [1.29, 1.82) is 0 Å². The molecule has 0 bridgehead atoms. The number of hydrogen-bond acceptors (Lipinski definition) is 3. The van der Waals surface area contributed by atoms with Gasteiger partial charge in [0, 0.05) is 5.69 Å². The van der Waals surface area contributed by atoms with E-state index >= 15 is 0 Å². The first-order valence-electron chi connectivity index (χ1n) is 6.18. The second-order valence-electron chi connectivity index (χ2n) is 5.25. The molecule has 0 saturated carbocycles. The highest BCUT2D eigenvalue weighted by Gasteiger charge is 2.37. The number of carbonyl (C=O) groups is 2. The molecule has 19 heavy (non-hydrogen) atoms. The van der Waals surface area contributed by atoms with E-state index in [4.69, 9.17) is 0 Å². The third-order valence-corrected chi connectivity index (χ3v) is 3.57. The molecule has 1 N–H and O–H groups in total. The summed E-state index contributed by atoms with van der Waals surface area (Å²) in [6.45, 7) is 9.07. The molecule has 0 atom stereocenters. The van der Waals surface area contributed by atoms with E-state index in [9.17, 15) is 9.59 Å². The molecule has 1 aromatic rings. The third-order valence-electron chi connectivity index (χ3n) is 3.57. The summed E-state index contributed by atoms with van der Waals surface area (Å²) in [5.74, 6) is -0.919. The topological polar surface area (TPSA) is 55.4 Å². The Labute approximate surface area is 114 Å². The number of amides is 1. The molecule has 0 spiro atoms. The zero-order valence-electron chi connectivity index (χ0n) is 12.4. The molecule has 0 aliphatic rings. The van der Waals surface area contributed by atoms with Gasteiger partial charge in [0.2, 0.25) is 5.91 Å². The van der Waals surface area contributed by atoms with Gasteiger partial charge in [-0.3, -0.25) is 9.59 Å². The van der Waals surface area contributed by atoms with Crippen LogP contribution in [0.25, 0.3) is 0 Å². The smallest absolute Gasteiger partial charge is 0.320 e. The molecule has 1 amide bonds. The van der Waals surface area contributed by atoms with Crippen molar-refractivity contribution in [3.63, 3.8) is 0 Å². The number of methoxy groups -OCH3 is 1. The molecule has 4 heteroatoms. The highest BCUT2D eigenvalue weighted by Crippen LogP contribution is 2.25. The van der Waals surface area contributed by atoms with Gasteiger partial charge >= 0.3 is 5.97 Å². The van der Waals surface area contributed by atoms with E-state index in [0.29, 0.717) is 0 Å². The van der Waals surface area contributed by atoms with Gasteiger partial charge in [-0.1, -0.05) is 6.07 Å². The zero-order chi connectivity index (χ0) is 14.8. The predicted octanol–water partition coefficient (Wildman–Crippen LogP) is 2.75. The van der Waals surface area contributed by atoms with Gasteiger partial charge in [-0.15, -0.1) is 0 Å². The van der Waals surface area contributed by atoms with Crippen molar-refractivity contribution >= 4 is 17.6 Å². The van der Waals surface area contributed by atoms with Gasteiger partial charge < -0.3 is 10.1 Å². The van der Waals surface area contributed by atoms with Crippen molar-refractivity contribution in [2.24, 2.45) is 5.41 Å². The summed E-state index contributed by atoms with van der Waals surface area (Å²) in [7, 11) is 1.28. The van der Waals surface area contributed by atoms with Crippen molar-refractivity contribution in [3.05, 3.63) is 28.8 Å². The molecule has 0 aromatic heterocycles. The van der Waals surface area contributed by atoms with Crippen LogP contribution in [-0.2, 0) is 14.3 Å².